The van der Waals surface area contributed by atoms with Crippen molar-refractivity contribution < 1.29 is 4.79 Å². The zero-order valence-electron chi connectivity index (χ0n) is 10.2. The molecule has 1 aliphatic rings. The molecule has 0 radical (unpaired) electrons. The highest BCUT2D eigenvalue weighted by atomic mass is 16.1. The molecule has 88 valence electrons. The topological polar surface area (TPSA) is 69.1 Å². The first-order chi connectivity index (χ1) is 6.76. The van der Waals surface area contributed by atoms with Gasteiger partial charge in [-0.05, 0) is 37.0 Å². The van der Waals surface area contributed by atoms with E-state index < -0.39 is 5.54 Å². The summed E-state index contributed by atoms with van der Waals surface area (Å²) >= 11 is 0. The van der Waals surface area contributed by atoms with Crippen molar-refractivity contribution in [3.05, 3.63) is 0 Å². The Bertz CT molecular complexity index is 244. The van der Waals surface area contributed by atoms with Crippen molar-refractivity contribution in [2.45, 2.75) is 58.4 Å². The average Bonchev–Trinajstić information content (AvgIpc) is 2.26. The van der Waals surface area contributed by atoms with E-state index in [0.717, 1.165) is 32.1 Å². The molecular formula is C12H24N2O. The second kappa shape index (κ2) is 4.12. The normalized spacial score (nSPS) is 33.5. The fraction of sp³-hybridized carbons (Fsp3) is 0.917. The van der Waals surface area contributed by atoms with Crippen LogP contribution in [0.15, 0.2) is 0 Å². The fourth-order valence-corrected chi connectivity index (χ4v) is 2.48. The summed E-state index contributed by atoms with van der Waals surface area (Å²) in [5.41, 5.74) is 11.0. The minimum absolute atomic E-state index is 0.308. The molecule has 0 saturated heterocycles. The first-order valence-electron chi connectivity index (χ1n) is 5.84. The second-order valence-electron chi connectivity index (χ2n) is 6.01. The van der Waals surface area contributed by atoms with E-state index in [1.54, 1.807) is 0 Å². The van der Waals surface area contributed by atoms with Crippen LogP contribution in [0, 0.1) is 11.3 Å². The van der Waals surface area contributed by atoms with Gasteiger partial charge in [-0.25, -0.2) is 0 Å². The van der Waals surface area contributed by atoms with Gasteiger partial charge < -0.3 is 11.5 Å². The molecule has 1 fully saturated rings. The van der Waals surface area contributed by atoms with Crippen LogP contribution < -0.4 is 11.5 Å². The lowest BCUT2D eigenvalue weighted by atomic mass is 9.76. The van der Waals surface area contributed by atoms with Gasteiger partial charge in [0.05, 0.1) is 5.54 Å². The summed E-state index contributed by atoms with van der Waals surface area (Å²) in [5.74, 6) is 0.319. The van der Waals surface area contributed by atoms with E-state index in [-0.39, 0.29) is 5.91 Å². The lowest BCUT2D eigenvalue weighted by molar-refractivity contribution is -0.123. The maximum Gasteiger partial charge on any atom is 0.237 e. The van der Waals surface area contributed by atoms with Gasteiger partial charge in [0.2, 0.25) is 5.91 Å². The van der Waals surface area contributed by atoms with Crippen LogP contribution in [0.4, 0.5) is 0 Å². The van der Waals surface area contributed by atoms with Crippen LogP contribution in [0.3, 0.4) is 0 Å². The number of hydrogen-bond acceptors (Lipinski definition) is 2. The van der Waals surface area contributed by atoms with Crippen molar-refractivity contribution in [2.24, 2.45) is 22.8 Å². The molecule has 4 N–H and O–H groups in total. The van der Waals surface area contributed by atoms with E-state index in [2.05, 4.69) is 20.8 Å². The van der Waals surface area contributed by atoms with E-state index in [9.17, 15) is 4.79 Å². The molecule has 3 heteroatoms. The first-order valence-corrected chi connectivity index (χ1v) is 5.84. The maximum atomic E-state index is 11.3. The predicted molar refractivity (Wildman–Crippen MR) is 62.1 cm³/mol. The van der Waals surface area contributed by atoms with Crippen molar-refractivity contribution in [1.82, 2.24) is 0 Å². The van der Waals surface area contributed by atoms with Gasteiger partial charge in [-0.1, -0.05) is 27.2 Å². The monoisotopic (exact) mass is 212 g/mol. The van der Waals surface area contributed by atoms with Crippen molar-refractivity contribution >= 4 is 5.91 Å². The average molecular weight is 212 g/mol. The summed E-state index contributed by atoms with van der Waals surface area (Å²) < 4.78 is 0. The Hall–Kier alpha value is -0.570. The zero-order chi connectivity index (χ0) is 11.7. The third-order valence-electron chi connectivity index (χ3n) is 3.83. The SMILES string of the molecule is CC(C)(C)C1CCCC(N)(C(N)=O)CC1. The molecular weight excluding hydrogens is 188 g/mol. The summed E-state index contributed by atoms with van der Waals surface area (Å²) in [6, 6.07) is 0. The first kappa shape index (κ1) is 12.5. The van der Waals surface area contributed by atoms with Crippen molar-refractivity contribution in [3.8, 4) is 0 Å². The Morgan fingerprint density at radius 3 is 2.33 bits per heavy atom. The fourth-order valence-electron chi connectivity index (χ4n) is 2.48. The largest absolute Gasteiger partial charge is 0.368 e. The molecule has 1 aliphatic carbocycles. The van der Waals surface area contributed by atoms with E-state index in [4.69, 9.17) is 11.5 Å². The van der Waals surface area contributed by atoms with Crippen LogP contribution >= 0.6 is 0 Å². The molecule has 1 rings (SSSR count). The standard InChI is InChI=1S/C12H24N2O/c1-11(2,3)9-5-4-7-12(14,8-6-9)10(13)15/h9H,4-8,14H2,1-3H3,(H2,13,15). The smallest absolute Gasteiger partial charge is 0.237 e. The number of nitrogens with two attached hydrogens (primary N) is 2. The lowest BCUT2D eigenvalue weighted by Gasteiger charge is -2.30. The number of hydrogen-bond donors (Lipinski definition) is 2. The van der Waals surface area contributed by atoms with Crippen LogP contribution in [0.25, 0.3) is 0 Å². The predicted octanol–water partition coefficient (Wildman–Crippen LogP) is 1.80. The Balaban J connectivity index is 2.68. The molecule has 0 bridgehead atoms. The molecule has 0 aliphatic heterocycles. The van der Waals surface area contributed by atoms with Crippen LogP contribution in [0.1, 0.15) is 52.9 Å². The zero-order valence-corrected chi connectivity index (χ0v) is 10.2. The van der Waals surface area contributed by atoms with Gasteiger partial charge >= 0.3 is 0 Å². The lowest BCUT2D eigenvalue weighted by Crippen LogP contribution is -2.51. The van der Waals surface area contributed by atoms with Gasteiger partial charge in [0.25, 0.3) is 0 Å². The van der Waals surface area contributed by atoms with Gasteiger partial charge in [-0.2, -0.15) is 0 Å². The molecule has 0 aromatic rings. The highest BCUT2D eigenvalue weighted by Gasteiger charge is 2.37. The number of carbonyl (C=O) groups is 1. The molecule has 1 amide bonds. The van der Waals surface area contributed by atoms with Crippen LogP contribution in [-0.2, 0) is 4.79 Å². The van der Waals surface area contributed by atoms with Gasteiger partial charge in [0, 0.05) is 0 Å². The summed E-state index contributed by atoms with van der Waals surface area (Å²) in [4.78, 5) is 11.3. The number of carbonyl (C=O) groups excluding carboxylic acids is 1. The molecule has 15 heavy (non-hydrogen) atoms. The Kier molecular flexibility index (Phi) is 3.44. The summed E-state index contributed by atoms with van der Waals surface area (Å²) in [6.07, 6.45) is 4.68. The maximum absolute atomic E-state index is 11.3. The van der Waals surface area contributed by atoms with E-state index in [1.807, 2.05) is 0 Å². The van der Waals surface area contributed by atoms with Crippen molar-refractivity contribution in [3.63, 3.8) is 0 Å². The van der Waals surface area contributed by atoms with Gasteiger partial charge in [0.15, 0.2) is 0 Å². The molecule has 2 atom stereocenters. The molecule has 0 heterocycles. The quantitative estimate of drug-likeness (QED) is 0.651. The molecule has 3 nitrogen and oxygen atoms in total. The van der Waals surface area contributed by atoms with Crippen LogP contribution in [-0.4, -0.2) is 11.4 Å². The molecule has 1 saturated carbocycles. The minimum atomic E-state index is -0.750. The van der Waals surface area contributed by atoms with Gasteiger partial charge in [0.1, 0.15) is 0 Å². The minimum Gasteiger partial charge on any atom is -0.368 e. The van der Waals surface area contributed by atoms with E-state index in [1.165, 1.54) is 0 Å². The van der Waals surface area contributed by atoms with Gasteiger partial charge in [-0.3, -0.25) is 4.79 Å². The van der Waals surface area contributed by atoms with Gasteiger partial charge in [-0.15, -0.1) is 0 Å². The molecule has 0 aromatic carbocycles. The van der Waals surface area contributed by atoms with E-state index in [0.29, 0.717) is 11.3 Å². The summed E-state index contributed by atoms with van der Waals surface area (Å²) in [5, 5.41) is 0. The number of amides is 1. The highest BCUT2D eigenvalue weighted by molar-refractivity contribution is 5.84. The number of primary amides is 1. The van der Waals surface area contributed by atoms with Crippen LogP contribution in [0.5, 0.6) is 0 Å². The third-order valence-corrected chi connectivity index (χ3v) is 3.83. The van der Waals surface area contributed by atoms with Crippen molar-refractivity contribution in [1.29, 1.82) is 0 Å². The van der Waals surface area contributed by atoms with E-state index >= 15 is 0 Å². The summed E-state index contributed by atoms with van der Waals surface area (Å²) in [6.45, 7) is 6.77. The van der Waals surface area contributed by atoms with Crippen molar-refractivity contribution in [2.75, 3.05) is 0 Å². The third kappa shape index (κ3) is 2.94. The molecule has 0 aromatic heterocycles. The number of rotatable bonds is 1. The Morgan fingerprint density at radius 1 is 1.27 bits per heavy atom. The Labute approximate surface area is 92.6 Å². The van der Waals surface area contributed by atoms with Crippen LogP contribution in [0.2, 0.25) is 0 Å². The second-order valence-corrected chi connectivity index (χ2v) is 6.01. The Morgan fingerprint density at radius 2 is 1.87 bits per heavy atom. The molecule has 0 spiro atoms. The molecule has 2 unspecified atom stereocenters. The summed E-state index contributed by atoms with van der Waals surface area (Å²) in [7, 11) is 0. The highest BCUT2D eigenvalue weighted by Crippen LogP contribution is 2.38.